The molecule has 28 nitrogen and oxygen atoms in total. The topological polar surface area (TPSA) is 379 Å². The van der Waals surface area contributed by atoms with Gasteiger partial charge in [-0.05, 0) is 120 Å². The number of likely N-dealkylation sites (N-methyl/N-ethyl adjacent to an activating group) is 2. The van der Waals surface area contributed by atoms with Crippen molar-refractivity contribution in [2.24, 2.45) is 35.1 Å². The number of ether oxygens (including phenoxy) is 4. The molecule has 12 atom stereocenters. The molecule has 5 rings (SSSR count). The molecule has 1 saturated carbocycles. The number of nitrogens with one attached hydrogen (secondary N) is 7. The van der Waals surface area contributed by atoms with E-state index in [1.165, 1.54) is 73.0 Å². The first-order valence-corrected chi connectivity index (χ1v) is 40.4. The number of anilines is 1. The summed E-state index contributed by atoms with van der Waals surface area (Å²) < 4.78 is 23.3. The van der Waals surface area contributed by atoms with Crippen LogP contribution in [0.5, 0.6) is 0 Å². The maximum absolute atomic E-state index is 14.5. The highest BCUT2D eigenvalue weighted by Crippen LogP contribution is 2.33. The van der Waals surface area contributed by atoms with Crippen LogP contribution in [0.15, 0.2) is 42.5 Å². The van der Waals surface area contributed by atoms with Gasteiger partial charge in [0, 0.05) is 81.4 Å². The van der Waals surface area contributed by atoms with Crippen molar-refractivity contribution in [3.05, 3.63) is 65.0 Å². The summed E-state index contributed by atoms with van der Waals surface area (Å²) in [5, 5.41) is 19.9. The average Bonchev–Trinajstić information content (AvgIpc) is 1.67. The Morgan fingerprint density at radius 3 is 1.92 bits per heavy atom. The third-order valence-electron chi connectivity index (χ3n) is 20.1. The molecule has 2 aliphatic rings. The highest BCUT2D eigenvalue weighted by molar-refractivity contribution is 7.99. The monoisotopic (exact) mass is 1530 g/mol. The number of primary amides is 1. The van der Waals surface area contributed by atoms with Crippen LogP contribution in [0.4, 0.5) is 5.69 Å². The molecule has 1 aliphatic carbocycles. The lowest BCUT2D eigenvalue weighted by Gasteiger charge is -2.41. The highest BCUT2D eigenvalue weighted by atomic mass is 32.2. The van der Waals surface area contributed by atoms with Crippen LogP contribution < -0.4 is 48.7 Å². The van der Waals surface area contributed by atoms with E-state index >= 15 is 0 Å². The minimum atomic E-state index is -1.43. The molecule has 598 valence electrons. The van der Waals surface area contributed by atoms with E-state index in [0.717, 1.165) is 34.0 Å². The molecule has 0 spiro atoms. The molecular weight excluding hydrogens is 1410 g/mol. The summed E-state index contributed by atoms with van der Waals surface area (Å²) in [6.07, 6.45) is 11.2. The van der Waals surface area contributed by atoms with E-state index in [-0.39, 0.29) is 99.6 Å². The fourth-order valence-electron chi connectivity index (χ4n) is 13.9. The number of carbonyl (C=O) groups excluding carboxylic acids is 10. The van der Waals surface area contributed by atoms with E-state index in [0.29, 0.717) is 54.2 Å². The van der Waals surface area contributed by atoms with Crippen LogP contribution in [0.2, 0.25) is 0 Å². The van der Waals surface area contributed by atoms with E-state index < -0.39 is 102 Å². The minimum absolute atomic E-state index is 0.000620. The number of nitrogens with zero attached hydrogens (tertiary/aromatic N) is 5. The Balaban J connectivity index is 1.03. The Kier molecular flexibility index (Phi) is 39.3. The van der Waals surface area contributed by atoms with Crippen molar-refractivity contribution in [1.29, 1.82) is 0 Å². The van der Waals surface area contributed by atoms with Gasteiger partial charge >= 0.3 is 0 Å². The van der Waals surface area contributed by atoms with Crippen molar-refractivity contribution >= 4 is 99.3 Å². The Morgan fingerprint density at radius 2 is 1.31 bits per heavy atom. The lowest BCUT2D eigenvalue weighted by atomic mass is 9.89. The zero-order chi connectivity index (χ0) is 79.0. The number of rotatable bonds is 45. The number of carbonyl (C=O) groups is 10. The predicted molar refractivity (Wildman–Crippen MR) is 419 cm³/mol. The molecule has 2 fully saturated rings. The molecule has 1 saturated heterocycles. The molecule has 10 amide bonds. The summed E-state index contributed by atoms with van der Waals surface area (Å²) in [4.78, 5) is 150. The molecule has 107 heavy (non-hydrogen) atoms. The summed E-state index contributed by atoms with van der Waals surface area (Å²) in [7, 11) is 8.42. The zero-order valence-electron chi connectivity index (χ0n) is 65.9. The summed E-state index contributed by atoms with van der Waals surface area (Å²) in [6.45, 7) is 17.7. The van der Waals surface area contributed by atoms with Crippen LogP contribution in [0.3, 0.4) is 0 Å². The molecule has 0 bridgehead atoms. The molecule has 11 N–H and O–H groups in total. The summed E-state index contributed by atoms with van der Waals surface area (Å²) in [5.41, 5.74) is 16.7. The molecule has 2 heterocycles. The van der Waals surface area contributed by atoms with Gasteiger partial charge in [0.25, 0.3) is 5.91 Å². The van der Waals surface area contributed by atoms with Gasteiger partial charge in [0.15, 0.2) is 0 Å². The van der Waals surface area contributed by atoms with E-state index in [4.69, 9.17) is 40.4 Å². The molecule has 0 unspecified atom stereocenters. The molecule has 1 aromatic heterocycles. The van der Waals surface area contributed by atoms with Crippen molar-refractivity contribution in [2.45, 2.75) is 230 Å². The van der Waals surface area contributed by atoms with Gasteiger partial charge < -0.3 is 77.4 Å². The Bertz CT molecular complexity index is 3360. The lowest BCUT2D eigenvalue weighted by Crippen LogP contribution is -2.59. The molecular formula is C77H124N14O14S2. The summed E-state index contributed by atoms with van der Waals surface area (Å²) in [6, 6.07) is 5.56. The Hall–Kier alpha value is -7.06. The third-order valence-corrected chi connectivity index (χ3v) is 22.0. The number of methoxy groups -OCH3 is 2. The number of hydrogen-bond donors (Lipinski definition) is 9. The fourth-order valence-corrected chi connectivity index (χ4v) is 15.7. The zero-order valence-corrected chi connectivity index (χ0v) is 67.5. The van der Waals surface area contributed by atoms with Crippen molar-refractivity contribution in [3.8, 4) is 0 Å². The van der Waals surface area contributed by atoms with Gasteiger partial charge in [0.1, 0.15) is 24.2 Å². The Morgan fingerprint density at radius 1 is 0.673 bits per heavy atom. The number of thioether (sulfide) groups is 2. The molecule has 3 aromatic rings. The van der Waals surface area contributed by atoms with Crippen LogP contribution in [0, 0.1) is 23.7 Å². The molecule has 30 heteroatoms. The first-order valence-electron chi connectivity index (χ1n) is 38.0. The average molecular weight is 1530 g/mol. The van der Waals surface area contributed by atoms with E-state index in [1.807, 2.05) is 78.4 Å². The smallest absolute Gasteiger partial charge is 0.251 e. The van der Waals surface area contributed by atoms with Crippen LogP contribution in [-0.2, 0) is 80.0 Å². The van der Waals surface area contributed by atoms with Crippen molar-refractivity contribution in [3.63, 3.8) is 0 Å². The molecule has 2 aromatic carbocycles. The van der Waals surface area contributed by atoms with Gasteiger partial charge in [0.2, 0.25) is 53.2 Å². The van der Waals surface area contributed by atoms with Gasteiger partial charge in [-0.2, -0.15) is 23.5 Å². The van der Waals surface area contributed by atoms with Crippen LogP contribution in [-0.4, -0.2) is 237 Å². The number of likely N-dealkylation sites (tertiary alicyclic amines) is 1. The second kappa shape index (κ2) is 46.4. The Labute approximate surface area is 642 Å². The fraction of sp³-hybridized carbons (Fsp3) is 0.688. The quantitative estimate of drug-likeness (QED) is 0.0309. The van der Waals surface area contributed by atoms with Crippen LogP contribution in [0.1, 0.15) is 173 Å². The minimum Gasteiger partial charge on any atom is -0.379 e. The maximum Gasteiger partial charge on any atom is 0.251 e. The summed E-state index contributed by atoms with van der Waals surface area (Å²) in [5.74, 6) is -4.41. The molecule has 0 radical (unpaired) electrons. The number of hydrogen-bond acceptors (Lipinski definition) is 20. The number of fused-ring (bicyclic) bond motifs is 1. The van der Waals surface area contributed by atoms with Crippen LogP contribution >= 0.6 is 23.5 Å². The third kappa shape index (κ3) is 28.7. The van der Waals surface area contributed by atoms with E-state index in [1.54, 1.807) is 71.9 Å². The second-order valence-corrected chi connectivity index (χ2v) is 31.5. The number of aromatic nitrogens is 2. The van der Waals surface area contributed by atoms with E-state index in [9.17, 15) is 47.9 Å². The van der Waals surface area contributed by atoms with Crippen LogP contribution in [0.25, 0.3) is 11.0 Å². The van der Waals surface area contributed by atoms with E-state index in [2.05, 4.69) is 43.5 Å². The highest BCUT2D eigenvalue weighted by Gasteiger charge is 2.44. The number of benzene rings is 2. The maximum atomic E-state index is 14.5. The van der Waals surface area contributed by atoms with Crippen molar-refractivity contribution in [2.75, 3.05) is 93.0 Å². The predicted octanol–water partition coefficient (Wildman–Crippen LogP) is 5.63. The van der Waals surface area contributed by atoms with Gasteiger partial charge in [-0.3, -0.25) is 52.8 Å². The van der Waals surface area contributed by atoms with Gasteiger partial charge in [-0.15, -0.1) is 0 Å². The summed E-state index contributed by atoms with van der Waals surface area (Å²) >= 11 is 3.70. The SMILES string of the molecule is CC[C@H](C)[C@@H]([C@@H](CC(=O)N1CCC[C@H]1[C@H](OC)[C@@H](C)C(=O)N[C@H](CN)Cc1ccc(NC(=O)[C@H](CC(N)=O)NC(=O)[C@H](C)NC(=O)[C@H](C)NC(=O)CCOCCOCCNC(=O)c2ccc3nc(CSC)c(CSC4CCCCCCC4)nc3c2)cc1)OC)N(C)C(=O)[C@@H](NC(=O)[C@H](C(C)C)N(C)C)C(C)C. The standard InChI is InChI=1S/C77H124N14O14S2/c1-16-48(6)69(90(12)77(101)67(46(2)3)88-76(100)68(47(4)5)89(10)11)63(102-13)42-66(94)91-34-22-25-62(91)70(103-14)49(7)71(95)84-55(43-78)39-52-26-29-54(30-27-52)83-75(99)59(41-64(79)92)87-73(97)51(9)82-72(96)50(8)81-65(93)32-35-104-37-38-105-36-33-80-74(98)53-28-31-57-58(40-53)86-61(60(85-57)44-106-15)45-107-56-23-20-18-17-19-21-24-56/h26-31,40,46-51,55-56,59,62-63,67-70H,16-25,32-39,41-45,78H2,1-15H3,(H2,79,92)(H,80,98)(H,81,93)(H,82,96)(H,83,99)(H,84,95)(H,87,97)(H,88,100)/t48-,49+,50-,51-,55-,59-,62-,63+,67-,68-,69-,70+/m0/s1. The first-order chi connectivity index (χ1) is 51.0. The van der Waals surface area contributed by atoms with Gasteiger partial charge in [-0.1, -0.05) is 99.1 Å². The lowest BCUT2D eigenvalue weighted by molar-refractivity contribution is -0.148. The second-order valence-electron chi connectivity index (χ2n) is 29.3. The number of nitrogens with two attached hydrogens (primary N) is 2. The largest absolute Gasteiger partial charge is 0.379 e. The van der Waals surface area contributed by atoms with Crippen molar-refractivity contribution < 1.29 is 66.9 Å². The normalized spacial score (nSPS) is 17.4. The first kappa shape index (κ1) is 90.6. The van der Waals surface area contributed by atoms with Gasteiger partial charge in [-0.25, -0.2) is 9.97 Å². The van der Waals surface area contributed by atoms with Gasteiger partial charge in [0.05, 0.1) is 97.9 Å². The number of amides is 10. The van der Waals surface area contributed by atoms with Crippen molar-refractivity contribution in [1.82, 2.24) is 56.6 Å². The molecule has 1 aliphatic heterocycles.